The smallest absolute Gasteiger partial charge is 0.162 e. The number of rotatable bonds is 2. The lowest BCUT2D eigenvalue weighted by atomic mass is 9.73. The molecule has 1 aromatic carbocycles. The first-order chi connectivity index (χ1) is 8.99. The van der Waals surface area contributed by atoms with Crippen molar-refractivity contribution < 1.29 is 9.90 Å². The number of carbonyl (C=O) groups is 1. The number of hydrogen-bond acceptors (Lipinski definition) is 2. The van der Waals surface area contributed by atoms with E-state index in [-0.39, 0.29) is 11.7 Å². The molecule has 1 aromatic rings. The Morgan fingerprint density at radius 3 is 2.42 bits per heavy atom. The molecule has 0 aliphatic heterocycles. The highest BCUT2D eigenvalue weighted by atomic mass is 16.3. The standard InChI is InChI=1S/C17H22O2/c1-11(2)15-9-4-12(3)16(17(15)19)10-13-5-7-14(18)8-6-13/h5-8,10-12,15,18H,4,9H2,1-3H3/t12-,15+/m0/s1. The van der Waals surface area contributed by atoms with Crippen LogP contribution in [0.5, 0.6) is 5.75 Å². The molecule has 0 radical (unpaired) electrons. The molecule has 1 fully saturated rings. The van der Waals surface area contributed by atoms with Crippen LogP contribution in [0, 0.1) is 17.8 Å². The molecule has 0 spiro atoms. The van der Waals surface area contributed by atoms with E-state index in [0.717, 1.165) is 24.0 Å². The molecule has 0 heterocycles. The SMILES string of the molecule is CC(C)[C@H]1CC[C@H](C)C(=Cc2ccc(O)cc2)C1=O. The summed E-state index contributed by atoms with van der Waals surface area (Å²) in [5, 5.41) is 9.29. The fourth-order valence-electron chi connectivity index (χ4n) is 2.77. The zero-order valence-corrected chi connectivity index (χ0v) is 11.9. The summed E-state index contributed by atoms with van der Waals surface area (Å²) >= 11 is 0. The molecule has 2 atom stereocenters. The van der Waals surface area contributed by atoms with E-state index in [4.69, 9.17) is 0 Å². The second-order valence-electron chi connectivity index (χ2n) is 5.88. The van der Waals surface area contributed by atoms with Gasteiger partial charge in [0.15, 0.2) is 5.78 Å². The first-order valence-electron chi connectivity index (χ1n) is 7.04. The van der Waals surface area contributed by atoms with Crippen LogP contribution in [0.4, 0.5) is 0 Å². The number of phenolic OH excluding ortho intramolecular Hbond substituents is 1. The van der Waals surface area contributed by atoms with Crippen molar-refractivity contribution in [3.05, 3.63) is 35.4 Å². The number of allylic oxidation sites excluding steroid dienone is 1. The van der Waals surface area contributed by atoms with Crippen molar-refractivity contribution in [1.82, 2.24) is 0 Å². The van der Waals surface area contributed by atoms with E-state index in [0.29, 0.717) is 17.6 Å². The molecule has 1 aliphatic rings. The molecule has 0 saturated heterocycles. The minimum Gasteiger partial charge on any atom is -0.508 e. The van der Waals surface area contributed by atoms with Crippen LogP contribution in [0.1, 0.15) is 39.2 Å². The van der Waals surface area contributed by atoms with E-state index in [1.165, 1.54) is 0 Å². The topological polar surface area (TPSA) is 37.3 Å². The van der Waals surface area contributed by atoms with Crippen LogP contribution in [0.2, 0.25) is 0 Å². The van der Waals surface area contributed by atoms with Gasteiger partial charge in [-0.1, -0.05) is 32.9 Å². The Morgan fingerprint density at radius 1 is 1.21 bits per heavy atom. The number of aromatic hydroxyl groups is 1. The lowest BCUT2D eigenvalue weighted by molar-refractivity contribution is -0.122. The maximum absolute atomic E-state index is 12.5. The second-order valence-corrected chi connectivity index (χ2v) is 5.88. The van der Waals surface area contributed by atoms with Gasteiger partial charge in [-0.2, -0.15) is 0 Å². The van der Waals surface area contributed by atoms with Crippen LogP contribution in [-0.4, -0.2) is 10.9 Å². The van der Waals surface area contributed by atoms with Crippen molar-refractivity contribution in [1.29, 1.82) is 0 Å². The first-order valence-corrected chi connectivity index (χ1v) is 7.04. The molecule has 19 heavy (non-hydrogen) atoms. The molecule has 2 rings (SSSR count). The van der Waals surface area contributed by atoms with Crippen LogP contribution in [0.25, 0.3) is 6.08 Å². The molecule has 0 amide bonds. The van der Waals surface area contributed by atoms with Crippen molar-refractivity contribution in [3.63, 3.8) is 0 Å². The number of phenols is 1. The summed E-state index contributed by atoms with van der Waals surface area (Å²) in [6, 6.07) is 7.01. The summed E-state index contributed by atoms with van der Waals surface area (Å²) in [6.45, 7) is 6.37. The predicted octanol–water partition coefficient (Wildman–Crippen LogP) is 4.05. The molecule has 102 valence electrons. The zero-order chi connectivity index (χ0) is 14.0. The minimum atomic E-state index is 0.166. The molecule has 1 N–H and O–H groups in total. The number of ketones is 1. The number of benzene rings is 1. The van der Waals surface area contributed by atoms with Gasteiger partial charge in [-0.25, -0.2) is 0 Å². The van der Waals surface area contributed by atoms with Gasteiger partial charge in [-0.05, 0) is 54.0 Å². The largest absolute Gasteiger partial charge is 0.508 e. The molecule has 1 saturated carbocycles. The second kappa shape index (κ2) is 5.60. The van der Waals surface area contributed by atoms with Crippen LogP contribution in [0.15, 0.2) is 29.8 Å². The molecule has 0 aromatic heterocycles. The van der Waals surface area contributed by atoms with Crippen LogP contribution in [-0.2, 0) is 4.79 Å². The summed E-state index contributed by atoms with van der Waals surface area (Å²) in [5.41, 5.74) is 1.92. The molecule has 2 nitrogen and oxygen atoms in total. The lowest BCUT2D eigenvalue weighted by Gasteiger charge is -2.30. The fraction of sp³-hybridized carbons (Fsp3) is 0.471. The zero-order valence-electron chi connectivity index (χ0n) is 11.9. The molecular formula is C17H22O2. The molecular weight excluding hydrogens is 236 g/mol. The van der Waals surface area contributed by atoms with Gasteiger partial charge >= 0.3 is 0 Å². The van der Waals surface area contributed by atoms with E-state index in [9.17, 15) is 9.90 Å². The molecule has 0 unspecified atom stereocenters. The van der Waals surface area contributed by atoms with Crippen molar-refractivity contribution in [3.8, 4) is 5.75 Å². The highest BCUT2D eigenvalue weighted by Crippen LogP contribution is 2.35. The van der Waals surface area contributed by atoms with Crippen molar-refractivity contribution >= 4 is 11.9 Å². The maximum Gasteiger partial charge on any atom is 0.162 e. The van der Waals surface area contributed by atoms with Gasteiger partial charge in [-0.3, -0.25) is 4.79 Å². The lowest BCUT2D eigenvalue weighted by Crippen LogP contribution is -2.30. The van der Waals surface area contributed by atoms with Crippen molar-refractivity contribution in [2.24, 2.45) is 17.8 Å². The highest BCUT2D eigenvalue weighted by molar-refractivity contribution is 6.02. The van der Waals surface area contributed by atoms with E-state index in [2.05, 4.69) is 20.8 Å². The van der Waals surface area contributed by atoms with E-state index < -0.39 is 0 Å². The van der Waals surface area contributed by atoms with Gasteiger partial charge in [0.1, 0.15) is 5.75 Å². The summed E-state index contributed by atoms with van der Waals surface area (Å²) < 4.78 is 0. The Bertz CT molecular complexity index is 482. The van der Waals surface area contributed by atoms with E-state index in [1.54, 1.807) is 12.1 Å². The third-order valence-corrected chi connectivity index (χ3v) is 4.08. The highest BCUT2D eigenvalue weighted by Gasteiger charge is 2.32. The summed E-state index contributed by atoms with van der Waals surface area (Å²) in [5.74, 6) is 1.46. The number of hydrogen-bond donors (Lipinski definition) is 1. The average molecular weight is 258 g/mol. The number of carbonyl (C=O) groups excluding carboxylic acids is 1. The Labute approximate surface area is 115 Å². The van der Waals surface area contributed by atoms with Crippen LogP contribution in [0.3, 0.4) is 0 Å². The maximum atomic E-state index is 12.5. The van der Waals surface area contributed by atoms with Gasteiger partial charge in [0.25, 0.3) is 0 Å². The molecule has 0 bridgehead atoms. The van der Waals surface area contributed by atoms with Gasteiger partial charge in [-0.15, -0.1) is 0 Å². The third kappa shape index (κ3) is 3.06. The van der Waals surface area contributed by atoms with Gasteiger partial charge in [0.05, 0.1) is 0 Å². The average Bonchev–Trinajstić information content (AvgIpc) is 2.36. The Balaban J connectivity index is 2.29. The summed E-state index contributed by atoms with van der Waals surface area (Å²) in [4.78, 5) is 12.5. The van der Waals surface area contributed by atoms with Gasteiger partial charge in [0.2, 0.25) is 0 Å². The van der Waals surface area contributed by atoms with Crippen molar-refractivity contribution in [2.45, 2.75) is 33.6 Å². The van der Waals surface area contributed by atoms with E-state index in [1.807, 2.05) is 18.2 Å². The Hall–Kier alpha value is -1.57. The quantitative estimate of drug-likeness (QED) is 0.813. The summed E-state index contributed by atoms with van der Waals surface area (Å²) in [7, 11) is 0. The fourth-order valence-corrected chi connectivity index (χ4v) is 2.77. The van der Waals surface area contributed by atoms with Crippen LogP contribution >= 0.6 is 0 Å². The first kappa shape index (κ1) is 13.9. The Kier molecular flexibility index (Phi) is 4.08. The minimum absolute atomic E-state index is 0.166. The third-order valence-electron chi connectivity index (χ3n) is 4.08. The number of Topliss-reactive ketones (excluding diaryl/α,β-unsaturated/α-hetero) is 1. The van der Waals surface area contributed by atoms with Crippen molar-refractivity contribution in [2.75, 3.05) is 0 Å². The van der Waals surface area contributed by atoms with Gasteiger partial charge in [0, 0.05) is 5.92 Å². The van der Waals surface area contributed by atoms with E-state index >= 15 is 0 Å². The predicted molar refractivity (Wildman–Crippen MR) is 77.8 cm³/mol. The monoisotopic (exact) mass is 258 g/mol. The molecule has 2 heteroatoms. The van der Waals surface area contributed by atoms with Gasteiger partial charge < -0.3 is 5.11 Å². The summed E-state index contributed by atoms with van der Waals surface area (Å²) in [6.07, 6.45) is 4.07. The Morgan fingerprint density at radius 2 is 1.84 bits per heavy atom. The normalized spacial score (nSPS) is 26.1. The molecule has 1 aliphatic carbocycles. The van der Waals surface area contributed by atoms with Crippen LogP contribution < -0.4 is 0 Å².